The standard InChI is InChI=1S/C21H21N3O2/c1-15-6-4-11-20(23-15)26-18-13-24(14-18)21(25)22-12-17-9-5-8-16-7-2-3-10-19(16)17/h2-11,18H,12-14H2,1H3,(H,22,25). The molecule has 5 heteroatoms. The number of urea groups is 1. The van der Waals surface area contributed by atoms with Crippen LogP contribution in [0.25, 0.3) is 10.8 Å². The molecular formula is C21H21N3O2. The van der Waals surface area contributed by atoms with E-state index in [4.69, 9.17) is 4.74 Å². The maximum atomic E-state index is 12.3. The van der Waals surface area contributed by atoms with Gasteiger partial charge in [0.1, 0.15) is 6.10 Å². The molecule has 0 saturated carbocycles. The van der Waals surface area contributed by atoms with E-state index in [1.807, 2.05) is 49.4 Å². The number of nitrogens with one attached hydrogen (secondary N) is 1. The molecule has 4 rings (SSSR count). The maximum Gasteiger partial charge on any atom is 0.317 e. The average molecular weight is 347 g/mol. The Morgan fingerprint density at radius 3 is 2.73 bits per heavy atom. The Kier molecular flexibility index (Phi) is 4.44. The zero-order valence-electron chi connectivity index (χ0n) is 14.7. The van der Waals surface area contributed by atoms with Crippen LogP contribution >= 0.6 is 0 Å². The van der Waals surface area contributed by atoms with E-state index in [-0.39, 0.29) is 12.1 Å². The molecule has 132 valence electrons. The van der Waals surface area contributed by atoms with Crippen LogP contribution in [0.15, 0.2) is 60.7 Å². The van der Waals surface area contributed by atoms with Gasteiger partial charge in [-0.05, 0) is 29.3 Å². The second-order valence-electron chi connectivity index (χ2n) is 6.56. The summed E-state index contributed by atoms with van der Waals surface area (Å²) in [6, 6.07) is 20.0. The highest BCUT2D eigenvalue weighted by Gasteiger charge is 2.32. The minimum Gasteiger partial charge on any atom is -0.471 e. The molecule has 2 amide bonds. The molecule has 0 unspecified atom stereocenters. The highest BCUT2D eigenvalue weighted by Crippen LogP contribution is 2.19. The number of likely N-dealkylation sites (tertiary alicyclic amines) is 1. The van der Waals surface area contributed by atoms with Crippen LogP contribution in [-0.2, 0) is 6.54 Å². The summed E-state index contributed by atoms with van der Waals surface area (Å²) in [7, 11) is 0. The fourth-order valence-corrected chi connectivity index (χ4v) is 3.16. The molecule has 5 nitrogen and oxygen atoms in total. The summed E-state index contributed by atoms with van der Waals surface area (Å²) in [6.07, 6.45) is 0.00704. The summed E-state index contributed by atoms with van der Waals surface area (Å²) in [5.41, 5.74) is 2.04. The fourth-order valence-electron chi connectivity index (χ4n) is 3.16. The molecule has 1 saturated heterocycles. The molecule has 1 aliphatic rings. The number of aryl methyl sites for hydroxylation is 1. The number of carbonyl (C=O) groups excluding carboxylic acids is 1. The van der Waals surface area contributed by atoms with Crippen molar-refractivity contribution in [2.24, 2.45) is 0 Å². The highest BCUT2D eigenvalue weighted by atomic mass is 16.5. The fraction of sp³-hybridized carbons (Fsp3) is 0.238. The van der Waals surface area contributed by atoms with E-state index in [0.717, 1.165) is 11.3 Å². The lowest BCUT2D eigenvalue weighted by Gasteiger charge is -2.38. The summed E-state index contributed by atoms with van der Waals surface area (Å²) in [5, 5.41) is 5.36. The van der Waals surface area contributed by atoms with Gasteiger partial charge in [0.2, 0.25) is 5.88 Å². The van der Waals surface area contributed by atoms with Crippen molar-refractivity contribution in [3.05, 3.63) is 71.9 Å². The topological polar surface area (TPSA) is 54.5 Å². The number of fused-ring (bicyclic) bond motifs is 1. The monoisotopic (exact) mass is 347 g/mol. The van der Waals surface area contributed by atoms with Gasteiger partial charge in [0.05, 0.1) is 13.1 Å². The molecule has 0 radical (unpaired) electrons. The Balaban J connectivity index is 1.30. The molecule has 2 heterocycles. The summed E-state index contributed by atoms with van der Waals surface area (Å²) in [6.45, 7) is 3.61. The number of rotatable bonds is 4. The lowest BCUT2D eigenvalue weighted by Crippen LogP contribution is -2.58. The van der Waals surface area contributed by atoms with E-state index in [0.29, 0.717) is 25.5 Å². The van der Waals surface area contributed by atoms with E-state index >= 15 is 0 Å². The molecule has 1 aromatic heterocycles. The second-order valence-corrected chi connectivity index (χ2v) is 6.56. The first-order valence-corrected chi connectivity index (χ1v) is 8.79. The minimum absolute atomic E-state index is 0.00704. The van der Waals surface area contributed by atoms with Gasteiger partial charge in [-0.2, -0.15) is 0 Å². The molecule has 0 aliphatic carbocycles. The number of benzene rings is 2. The number of ether oxygens (including phenoxy) is 1. The van der Waals surface area contributed by atoms with Gasteiger partial charge in [-0.15, -0.1) is 0 Å². The number of hydrogen-bond donors (Lipinski definition) is 1. The zero-order chi connectivity index (χ0) is 17.9. The quantitative estimate of drug-likeness (QED) is 0.786. The first-order valence-electron chi connectivity index (χ1n) is 8.79. The van der Waals surface area contributed by atoms with Crippen LogP contribution in [0.4, 0.5) is 4.79 Å². The molecule has 26 heavy (non-hydrogen) atoms. The number of pyridine rings is 1. The van der Waals surface area contributed by atoms with Crippen LogP contribution in [0.1, 0.15) is 11.3 Å². The van der Waals surface area contributed by atoms with Gasteiger partial charge in [-0.25, -0.2) is 9.78 Å². The Morgan fingerprint density at radius 2 is 1.88 bits per heavy atom. The van der Waals surface area contributed by atoms with E-state index < -0.39 is 0 Å². The third-order valence-electron chi connectivity index (χ3n) is 4.60. The van der Waals surface area contributed by atoms with Crippen LogP contribution in [0.5, 0.6) is 5.88 Å². The lowest BCUT2D eigenvalue weighted by molar-refractivity contribution is 0.0412. The van der Waals surface area contributed by atoms with Gasteiger partial charge >= 0.3 is 6.03 Å². The van der Waals surface area contributed by atoms with Gasteiger partial charge < -0.3 is 15.0 Å². The van der Waals surface area contributed by atoms with Crippen LogP contribution in [-0.4, -0.2) is 35.1 Å². The Bertz CT molecular complexity index is 930. The van der Waals surface area contributed by atoms with Crippen LogP contribution in [0, 0.1) is 6.92 Å². The van der Waals surface area contributed by atoms with Crippen LogP contribution in [0.2, 0.25) is 0 Å². The predicted molar refractivity (Wildman–Crippen MR) is 101 cm³/mol. The first kappa shape index (κ1) is 16.4. The Labute approximate surface area is 152 Å². The average Bonchev–Trinajstić information content (AvgIpc) is 2.62. The van der Waals surface area contributed by atoms with Crippen molar-refractivity contribution in [1.82, 2.24) is 15.2 Å². The van der Waals surface area contributed by atoms with E-state index in [2.05, 4.69) is 28.5 Å². The molecule has 1 fully saturated rings. The molecule has 0 spiro atoms. The minimum atomic E-state index is -0.0602. The lowest BCUT2D eigenvalue weighted by atomic mass is 10.0. The smallest absolute Gasteiger partial charge is 0.317 e. The number of aromatic nitrogens is 1. The number of nitrogens with zero attached hydrogens (tertiary/aromatic N) is 2. The maximum absolute atomic E-state index is 12.3. The second kappa shape index (κ2) is 7.04. The summed E-state index contributed by atoms with van der Waals surface area (Å²) >= 11 is 0. The van der Waals surface area contributed by atoms with Crippen molar-refractivity contribution < 1.29 is 9.53 Å². The van der Waals surface area contributed by atoms with Gasteiger partial charge in [0, 0.05) is 18.3 Å². The number of amides is 2. The Morgan fingerprint density at radius 1 is 1.12 bits per heavy atom. The van der Waals surface area contributed by atoms with Crippen LogP contribution < -0.4 is 10.1 Å². The molecule has 0 bridgehead atoms. The zero-order valence-corrected chi connectivity index (χ0v) is 14.7. The van der Waals surface area contributed by atoms with Gasteiger partial charge in [-0.1, -0.05) is 48.5 Å². The van der Waals surface area contributed by atoms with Crippen molar-refractivity contribution in [2.75, 3.05) is 13.1 Å². The van der Waals surface area contributed by atoms with E-state index in [9.17, 15) is 4.79 Å². The summed E-state index contributed by atoms with van der Waals surface area (Å²) < 4.78 is 5.80. The van der Waals surface area contributed by atoms with Gasteiger partial charge in [0.15, 0.2) is 0 Å². The van der Waals surface area contributed by atoms with Crippen molar-refractivity contribution in [3.63, 3.8) is 0 Å². The van der Waals surface area contributed by atoms with Crippen LogP contribution in [0.3, 0.4) is 0 Å². The van der Waals surface area contributed by atoms with E-state index in [1.54, 1.807) is 4.90 Å². The molecular weight excluding hydrogens is 326 g/mol. The van der Waals surface area contributed by atoms with Crippen molar-refractivity contribution >= 4 is 16.8 Å². The molecule has 0 atom stereocenters. The van der Waals surface area contributed by atoms with Crippen molar-refractivity contribution in [3.8, 4) is 5.88 Å². The first-order chi connectivity index (χ1) is 12.7. The van der Waals surface area contributed by atoms with Crippen molar-refractivity contribution in [2.45, 2.75) is 19.6 Å². The molecule has 1 aliphatic heterocycles. The van der Waals surface area contributed by atoms with Gasteiger partial charge in [0.25, 0.3) is 0 Å². The SMILES string of the molecule is Cc1cccc(OC2CN(C(=O)NCc3cccc4ccccc34)C2)n1. The van der Waals surface area contributed by atoms with Gasteiger partial charge in [-0.3, -0.25) is 0 Å². The highest BCUT2D eigenvalue weighted by molar-refractivity contribution is 5.86. The largest absolute Gasteiger partial charge is 0.471 e. The molecule has 2 aromatic carbocycles. The molecule has 3 aromatic rings. The summed E-state index contributed by atoms with van der Waals surface area (Å²) in [4.78, 5) is 18.4. The third kappa shape index (κ3) is 3.47. The summed E-state index contributed by atoms with van der Waals surface area (Å²) in [5.74, 6) is 0.616. The van der Waals surface area contributed by atoms with E-state index in [1.165, 1.54) is 10.8 Å². The number of carbonyl (C=O) groups is 1. The Hall–Kier alpha value is -3.08. The predicted octanol–water partition coefficient (Wildman–Crippen LogP) is 3.52. The number of hydrogen-bond acceptors (Lipinski definition) is 3. The molecule has 1 N–H and O–H groups in total. The normalized spacial score (nSPS) is 14.1. The third-order valence-corrected chi connectivity index (χ3v) is 4.60. The van der Waals surface area contributed by atoms with Crippen molar-refractivity contribution in [1.29, 1.82) is 0 Å².